The van der Waals surface area contributed by atoms with Gasteiger partial charge in [0.2, 0.25) is 0 Å². The Labute approximate surface area is 135 Å². The van der Waals surface area contributed by atoms with Crippen molar-refractivity contribution in [1.82, 2.24) is 4.57 Å². The Balaban J connectivity index is 2.10. The summed E-state index contributed by atoms with van der Waals surface area (Å²) < 4.78 is 2.31. The number of aliphatic hydroxyl groups excluding tert-OH is 1. The van der Waals surface area contributed by atoms with E-state index in [9.17, 15) is 5.11 Å². The number of aliphatic imine (C=N–C) groups is 1. The van der Waals surface area contributed by atoms with Crippen LogP contribution in [0.25, 0.3) is 5.57 Å². The number of alkyl halides is 1. The number of nitrogens with two attached hydrogens (primary N) is 1. The second kappa shape index (κ2) is 6.44. The third-order valence-electron chi connectivity index (χ3n) is 4.19. The minimum atomic E-state index is 0.111. The third kappa shape index (κ3) is 2.71. The molecule has 0 spiro atoms. The molecule has 3 N–H and O–H groups in total. The number of nitrogens with zero attached hydrogens (tertiary/aromatic N) is 2. The molecule has 2 heterocycles. The summed E-state index contributed by atoms with van der Waals surface area (Å²) in [6.07, 6.45) is 13.3. The molecule has 5 heteroatoms. The molecule has 0 radical (unpaired) electrons. The Morgan fingerprint density at radius 3 is 3.14 bits per heavy atom. The summed E-state index contributed by atoms with van der Waals surface area (Å²) in [5.74, 6) is 0.111. The highest BCUT2D eigenvalue weighted by molar-refractivity contribution is 6.19. The van der Waals surface area contributed by atoms with Crippen molar-refractivity contribution >= 4 is 22.9 Å². The number of aliphatic hydroxyl groups is 1. The number of aryl methyl sites for hydroxylation is 1. The molecule has 0 bridgehead atoms. The molecule has 2 aliphatic rings. The Morgan fingerprint density at radius 2 is 2.36 bits per heavy atom. The Bertz CT molecular complexity index is 695. The lowest BCUT2D eigenvalue weighted by atomic mass is 9.96. The van der Waals surface area contributed by atoms with Crippen molar-refractivity contribution in [2.75, 3.05) is 6.00 Å². The summed E-state index contributed by atoms with van der Waals surface area (Å²) in [6, 6.07) is 0.172. The molecule has 0 saturated carbocycles. The van der Waals surface area contributed by atoms with Gasteiger partial charge in [-0.1, -0.05) is 18.2 Å². The van der Waals surface area contributed by atoms with Gasteiger partial charge in [0.05, 0.1) is 5.71 Å². The highest BCUT2D eigenvalue weighted by Gasteiger charge is 2.24. The van der Waals surface area contributed by atoms with Crippen LogP contribution in [-0.4, -0.2) is 21.4 Å². The topological polar surface area (TPSA) is 63.5 Å². The molecule has 0 saturated heterocycles. The minimum Gasteiger partial charge on any atom is -0.510 e. The molecule has 1 aliphatic heterocycles. The predicted molar refractivity (Wildman–Crippen MR) is 91.3 cm³/mol. The van der Waals surface area contributed by atoms with Crippen LogP contribution >= 0.6 is 11.6 Å². The molecule has 0 amide bonds. The number of hydrogen-bond donors (Lipinski definition) is 2. The predicted octanol–water partition coefficient (Wildman–Crippen LogP) is 3.51. The van der Waals surface area contributed by atoms with Gasteiger partial charge in [-0.05, 0) is 30.4 Å². The van der Waals surface area contributed by atoms with Gasteiger partial charge < -0.3 is 15.4 Å². The molecule has 4 nitrogen and oxygen atoms in total. The molecule has 116 valence electrons. The maximum Gasteiger partial charge on any atom is 0.114 e. The summed E-state index contributed by atoms with van der Waals surface area (Å²) in [5.41, 5.74) is 11.2. The number of hydrogen-bond acceptors (Lipinski definition) is 3. The van der Waals surface area contributed by atoms with Gasteiger partial charge in [-0.15, -0.1) is 11.6 Å². The van der Waals surface area contributed by atoms with Crippen LogP contribution < -0.4 is 5.73 Å². The normalized spacial score (nSPS) is 18.0. The maximum atomic E-state index is 9.78. The first-order chi connectivity index (χ1) is 10.7. The molecular weight excluding hydrogens is 298 g/mol. The first-order valence-corrected chi connectivity index (χ1v) is 8.05. The van der Waals surface area contributed by atoms with Crippen LogP contribution in [0.5, 0.6) is 0 Å². The fourth-order valence-electron chi connectivity index (χ4n) is 3.24. The molecule has 1 aromatic rings. The number of aromatic nitrogens is 1. The first-order valence-electron chi connectivity index (χ1n) is 7.52. The van der Waals surface area contributed by atoms with Crippen LogP contribution in [0.3, 0.4) is 0 Å². The second-order valence-electron chi connectivity index (χ2n) is 5.55. The lowest BCUT2D eigenvalue weighted by molar-refractivity contribution is 0.403. The van der Waals surface area contributed by atoms with E-state index in [1.165, 1.54) is 23.0 Å². The fraction of sp³-hybridized carbons (Fsp3) is 0.353. The van der Waals surface area contributed by atoms with E-state index in [-0.39, 0.29) is 11.8 Å². The van der Waals surface area contributed by atoms with Crippen molar-refractivity contribution in [1.29, 1.82) is 0 Å². The van der Waals surface area contributed by atoms with E-state index in [0.29, 0.717) is 6.42 Å². The number of rotatable bonds is 4. The molecule has 3 rings (SSSR count). The zero-order chi connectivity index (χ0) is 15.5. The van der Waals surface area contributed by atoms with E-state index in [1.807, 2.05) is 0 Å². The maximum absolute atomic E-state index is 9.78. The van der Waals surface area contributed by atoms with Crippen LogP contribution in [0.15, 0.2) is 41.4 Å². The number of halogens is 1. The summed E-state index contributed by atoms with van der Waals surface area (Å²) in [7, 11) is 0. The molecular formula is C17H20ClN3O. The van der Waals surface area contributed by atoms with Gasteiger partial charge in [-0.25, -0.2) is 0 Å². The van der Waals surface area contributed by atoms with Crippen molar-refractivity contribution < 1.29 is 5.11 Å². The lowest BCUT2D eigenvalue weighted by Gasteiger charge is -2.19. The largest absolute Gasteiger partial charge is 0.510 e. The van der Waals surface area contributed by atoms with Gasteiger partial charge in [0.1, 0.15) is 11.8 Å². The molecule has 1 aliphatic carbocycles. The molecule has 0 atom stereocenters. The monoisotopic (exact) mass is 317 g/mol. The van der Waals surface area contributed by atoms with E-state index >= 15 is 0 Å². The average molecular weight is 318 g/mol. The number of allylic oxidation sites excluding steroid dienone is 5. The zero-order valence-corrected chi connectivity index (χ0v) is 13.2. The highest BCUT2D eigenvalue weighted by Crippen LogP contribution is 2.35. The Morgan fingerprint density at radius 1 is 1.50 bits per heavy atom. The van der Waals surface area contributed by atoms with Gasteiger partial charge in [0.25, 0.3) is 0 Å². The van der Waals surface area contributed by atoms with Crippen molar-refractivity contribution in [3.63, 3.8) is 0 Å². The second-order valence-corrected chi connectivity index (χ2v) is 5.79. The van der Waals surface area contributed by atoms with E-state index in [1.54, 1.807) is 0 Å². The van der Waals surface area contributed by atoms with Crippen molar-refractivity contribution in [3.05, 3.63) is 53.2 Å². The van der Waals surface area contributed by atoms with Gasteiger partial charge in [0.15, 0.2) is 0 Å². The standard InChI is InChI=1S/C17H20ClN3O/c18-11-20-16(8-13(22)9-19)15-10-21-7-3-5-12-4-1-2-6-14(15)17(12)21/h1-2,4,9-10,22H,3,5-8,11,19H2/b13-9+,20-16?. The Kier molecular flexibility index (Phi) is 4.39. The quantitative estimate of drug-likeness (QED) is 0.386. The van der Waals surface area contributed by atoms with Crippen LogP contribution in [0.2, 0.25) is 0 Å². The van der Waals surface area contributed by atoms with Gasteiger partial charge >= 0.3 is 0 Å². The summed E-state index contributed by atoms with van der Waals surface area (Å²) in [5, 5.41) is 9.78. The van der Waals surface area contributed by atoms with Gasteiger partial charge in [-0.3, -0.25) is 4.99 Å². The first kappa shape index (κ1) is 15.0. The van der Waals surface area contributed by atoms with Crippen LogP contribution in [-0.2, 0) is 13.0 Å². The summed E-state index contributed by atoms with van der Waals surface area (Å²) in [4.78, 5) is 4.38. The SMILES string of the molecule is N/C=C(/O)CC(=NCCl)c1cn2c3c1CC=CC=C3CCC2. The van der Waals surface area contributed by atoms with Crippen LogP contribution in [0, 0.1) is 0 Å². The molecule has 1 aromatic heterocycles. The smallest absolute Gasteiger partial charge is 0.114 e. The molecule has 0 unspecified atom stereocenters. The molecule has 22 heavy (non-hydrogen) atoms. The van der Waals surface area contributed by atoms with E-state index in [2.05, 4.69) is 34.0 Å². The Hall–Kier alpha value is -1.94. The van der Waals surface area contributed by atoms with Crippen LogP contribution in [0.1, 0.15) is 36.1 Å². The molecule has 0 fully saturated rings. The van der Waals surface area contributed by atoms with Gasteiger partial charge in [-0.2, -0.15) is 0 Å². The summed E-state index contributed by atoms with van der Waals surface area (Å²) >= 11 is 5.82. The third-order valence-corrected chi connectivity index (χ3v) is 4.31. The van der Waals surface area contributed by atoms with Crippen molar-refractivity contribution in [3.8, 4) is 0 Å². The van der Waals surface area contributed by atoms with E-state index < -0.39 is 0 Å². The van der Waals surface area contributed by atoms with E-state index in [4.69, 9.17) is 17.3 Å². The lowest BCUT2D eigenvalue weighted by Crippen LogP contribution is -2.09. The van der Waals surface area contributed by atoms with E-state index in [0.717, 1.165) is 37.1 Å². The summed E-state index contributed by atoms with van der Waals surface area (Å²) in [6.45, 7) is 1.02. The highest BCUT2D eigenvalue weighted by atomic mass is 35.5. The van der Waals surface area contributed by atoms with Crippen molar-refractivity contribution in [2.24, 2.45) is 10.7 Å². The van der Waals surface area contributed by atoms with Crippen molar-refractivity contribution in [2.45, 2.75) is 32.2 Å². The van der Waals surface area contributed by atoms with Gasteiger partial charge in [0, 0.05) is 36.6 Å². The average Bonchev–Trinajstić information content (AvgIpc) is 2.75. The molecule has 0 aromatic carbocycles. The minimum absolute atomic E-state index is 0.111. The van der Waals surface area contributed by atoms with Crippen LogP contribution in [0.4, 0.5) is 0 Å². The zero-order valence-electron chi connectivity index (χ0n) is 12.4. The fourth-order valence-corrected chi connectivity index (χ4v) is 3.38.